The number of carbonyl (C=O) groups excluding carboxylic acids is 4. The van der Waals surface area contributed by atoms with Crippen molar-refractivity contribution >= 4 is 46.4 Å². The normalized spacial score (nSPS) is 21.7. The molecule has 0 amide bonds. The van der Waals surface area contributed by atoms with Gasteiger partial charge in [-0.2, -0.15) is 0 Å². The van der Waals surface area contributed by atoms with E-state index in [0.717, 1.165) is 20.8 Å². The predicted molar refractivity (Wildman–Crippen MR) is 146 cm³/mol. The molecule has 1 saturated heterocycles. The second-order valence-corrected chi connectivity index (χ2v) is 9.77. The van der Waals surface area contributed by atoms with Gasteiger partial charge in [-0.3, -0.25) is 24.0 Å². The van der Waals surface area contributed by atoms with Crippen molar-refractivity contribution in [3.63, 3.8) is 0 Å². The van der Waals surface area contributed by atoms with Crippen LogP contribution in [0.2, 0.25) is 5.02 Å². The first-order valence-corrected chi connectivity index (χ1v) is 13.1. The molecule has 42 heavy (non-hydrogen) atoms. The Bertz CT molecular complexity index is 1550. The van der Waals surface area contributed by atoms with Gasteiger partial charge in [0.1, 0.15) is 30.3 Å². The van der Waals surface area contributed by atoms with Crippen molar-refractivity contribution in [2.24, 2.45) is 0 Å². The number of esters is 4. The number of fused-ring (bicyclic) bond motifs is 1. The van der Waals surface area contributed by atoms with Crippen LogP contribution >= 0.6 is 11.6 Å². The highest BCUT2D eigenvalue weighted by Crippen LogP contribution is 2.32. The van der Waals surface area contributed by atoms with Crippen LogP contribution in [-0.2, 0) is 42.9 Å². The third-order valence-electron chi connectivity index (χ3n) is 6.10. The standard InChI is InChI=1S/C29H27ClO12/c1-14(31)36-13-24-26(38-15(2)32)27(39-16(3)33)28(40-17(4)34)29(42-24)41-20-9-10-21-23(11-20)37-12-22(25(21)35)18-5-7-19(30)8-6-18/h5-12,24,26-29H,13H2,1-4H3/t24-,26+,27+,28+,29-/m1/s1. The summed E-state index contributed by atoms with van der Waals surface area (Å²) in [4.78, 5) is 60.7. The van der Waals surface area contributed by atoms with E-state index in [2.05, 4.69) is 0 Å². The molecule has 0 bridgehead atoms. The van der Waals surface area contributed by atoms with Crippen molar-refractivity contribution in [2.45, 2.75) is 58.4 Å². The van der Waals surface area contributed by atoms with Crippen molar-refractivity contribution in [3.8, 4) is 16.9 Å². The Balaban J connectivity index is 1.70. The fourth-order valence-corrected chi connectivity index (χ4v) is 4.55. The van der Waals surface area contributed by atoms with Gasteiger partial charge >= 0.3 is 23.9 Å². The van der Waals surface area contributed by atoms with E-state index >= 15 is 0 Å². The summed E-state index contributed by atoms with van der Waals surface area (Å²) in [5.74, 6) is -2.81. The summed E-state index contributed by atoms with van der Waals surface area (Å²) in [6.45, 7) is 4.13. The largest absolute Gasteiger partial charge is 0.463 e. The minimum atomic E-state index is -1.44. The van der Waals surface area contributed by atoms with Crippen molar-refractivity contribution in [2.75, 3.05) is 6.61 Å². The van der Waals surface area contributed by atoms with Crippen molar-refractivity contribution in [1.82, 2.24) is 0 Å². The molecule has 0 spiro atoms. The third kappa shape index (κ3) is 7.25. The van der Waals surface area contributed by atoms with E-state index < -0.39 is 61.2 Å². The number of hydrogen-bond donors (Lipinski definition) is 0. The van der Waals surface area contributed by atoms with Crippen molar-refractivity contribution in [3.05, 3.63) is 64.0 Å². The van der Waals surface area contributed by atoms with E-state index in [1.165, 1.54) is 31.4 Å². The number of ether oxygens (including phenoxy) is 6. The average Bonchev–Trinajstić information content (AvgIpc) is 2.91. The predicted octanol–water partition coefficient (Wildman–Crippen LogP) is 3.58. The van der Waals surface area contributed by atoms with Crippen LogP contribution in [0.3, 0.4) is 0 Å². The minimum Gasteiger partial charge on any atom is -0.463 e. The molecule has 3 aromatic rings. The van der Waals surface area contributed by atoms with Crippen molar-refractivity contribution in [1.29, 1.82) is 0 Å². The molecule has 2 aromatic carbocycles. The van der Waals surface area contributed by atoms with Gasteiger partial charge in [0.05, 0.1) is 10.9 Å². The summed E-state index contributed by atoms with van der Waals surface area (Å²) in [6.07, 6.45) is -5.45. The second kappa shape index (κ2) is 13.0. The molecular weight excluding hydrogens is 576 g/mol. The van der Waals surface area contributed by atoms with E-state index in [0.29, 0.717) is 16.1 Å². The maximum absolute atomic E-state index is 13.2. The minimum absolute atomic E-state index is 0.130. The summed E-state index contributed by atoms with van der Waals surface area (Å²) in [6, 6.07) is 11.1. The molecule has 0 radical (unpaired) electrons. The van der Waals surface area contributed by atoms with E-state index in [1.54, 1.807) is 24.3 Å². The van der Waals surface area contributed by atoms with Crippen LogP contribution in [0.15, 0.2) is 57.9 Å². The lowest BCUT2D eigenvalue weighted by Gasteiger charge is -2.43. The molecule has 12 nitrogen and oxygen atoms in total. The Morgan fingerprint density at radius 2 is 1.43 bits per heavy atom. The zero-order valence-electron chi connectivity index (χ0n) is 23.0. The van der Waals surface area contributed by atoms with Gasteiger partial charge in [-0.05, 0) is 29.8 Å². The van der Waals surface area contributed by atoms with Gasteiger partial charge in [0.25, 0.3) is 0 Å². The molecule has 2 heterocycles. The molecule has 13 heteroatoms. The van der Waals surface area contributed by atoms with Crippen LogP contribution in [0.4, 0.5) is 0 Å². The zero-order valence-corrected chi connectivity index (χ0v) is 23.7. The highest BCUT2D eigenvalue weighted by atomic mass is 35.5. The molecule has 5 atom stereocenters. The Morgan fingerprint density at radius 1 is 0.810 bits per heavy atom. The summed E-state index contributed by atoms with van der Waals surface area (Å²) in [5, 5.41) is 0.782. The summed E-state index contributed by atoms with van der Waals surface area (Å²) in [7, 11) is 0. The maximum atomic E-state index is 13.2. The molecule has 1 aliphatic heterocycles. The van der Waals surface area contributed by atoms with Gasteiger partial charge < -0.3 is 32.8 Å². The number of benzene rings is 2. The highest BCUT2D eigenvalue weighted by molar-refractivity contribution is 6.30. The molecule has 0 aliphatic carbocycles. The maximum Gasteiger partial charge on any atom is 0.303 e. The van der Waals surface area contributed by atoms with Gasteiger partial charge in [0.15, 0.2) is 17.6 Å². The summed E-state index contributed by atoms with van der Waals surface area (Å²) >= 11 is 5.95. The third-order valence-corrected chi connectivity index (χ3v) is 6.35. The Hall–Kier alpha value is -4.42. The van der Waals surface area contributed by atoms with Gasteiger partial charge in [-0.15, -0.1) is 0 Å². The first-order valence-electron chi connectivity index (χ1n) is 12.7. The molecule has 1 fully saturated rings. The van der Waals surface area contributed by atoms with Gasteiger partial charge in [-0.1, -0.05) is 23.7 Å². The van der Waals surface area contributed by atoms with Gasteiger partial charge in [-0.25, -0.2) is 0 Å². The Labute approximate surface area is 244 Å². The number of halogens is 1. The fraction of sp³-hybridized carbons (Fsp3) is 0.345. The molecule has 0 N–H and O–H groups in total. The lowest BCUT2D eigenvalue weighted by molar-refractivity contribution is -0.288. The van der Waals surface area contributed by atoms with Crippen LogP contribution in [0.1, 0.15) is 27.7 Å². The molecule has 222 valence electrons. The molecule has 0 saturated carbocycles. The lowest BCUT2D eigenvalue weighted by Crippen LogP contribution is -2.63. The SMILES string of the molecule is CC(=O)OC[C@H]1O[C@@H](Oc2ccc3c(=O)c(-c4ccc(Cl)cc4)coc3c2)[C@@H](OC(C)=O)[C@@H](OC(C)=O)[C@H]1OC(C)=O. The van der Waals surface area contributed by atoms with Crippen LogP contribution in [0.5, 0.6) is 5.75 Å². The van der Waals surface area contributed by atoms with Crippen molar-refractivity contribution < 1.29 is 52.0 Å². The zero-order chi connectivity index (χ0) is 30.6. The quantitative estimate of drug-likeness (QED) is 0.273. The van der Waals surface area contributed by atoms with Gasteiger partial charge in [0, 0.05) is 38.8 Å². The molecule has 1 aromatic heterocycles. The molecule has 0 unspecified atom stereocenters. The second-order valence-electron chi connectivity index (χ2n) is 9.33. The van der Waals surface area contributed by atoms with Crippen LogP contribution in [0.25, 0.3) is 22.1 Å². The topological polar surface area (TPSA) is 154 Å². The summed E-state index contributed by atoms with van der Waals surface area (Å²) < 4.78 is 38.9. The van der Waals surface area contributed by atoms with Crippen LogP contribution < -0.4 is 10.2 Å². The van der Waals surface area contributed by atoms with E-state index in [9.17, 15) is 24.0 Å². The number of rotatable bonds is 8. The van der Waals surface area contributed by atoms with E-state index in [1.807, 2.05) is 0 Å². The summed E-state index contributed by atoms with van der Waals surface area (Å²) in [5.41, 5.74) is 0.832. The Kier molecular flexibility index (Phi) is 9.48. The fourth-order valence-electron chi connectivity index (χ4n) is 4.43. The Morgan fingerprint density at radius 3 is 2.05 bits per heavy atom. The monoisotopic (exact) mass is 602 g/mol. The van der Waals surface area contributed by atoms with Gasteiger partial charge in [0.2, 0.25) is 12.4 Å². The van der Waals surface area contributed by atoms with Crippen LogP contribution in [-0.4, -0.2) is 61.2 Å². The molecule has 1 aliphatic rings. The number of hydrogen-bond acceptors (Lipinski definition) is 12. The first kappa shape index (κ1) is 30.5. The first-order chi connectivity index (χ1) is 19.9. The number of carbonyl (C=O) groups is 4. The highest BCUT2D eigenvalue weighted by Gasteiger charge is 2.53. The van der Waals surface area contributed by atoms with E-state index in [4.69, 9.17) is 44.4 Å². The van der Waals surface area contributed by atoms with Crippen LogP contribution in [0, 0.1) is 0 Å². The lowest BCUT2D eigenvalue weighted by atomic mass is 9.98. The molecule has 4 rings (SSSR count). The smallest absolute Gasteiger partial charge is 0.303 e. The average molecular weight is 603 g/mol. The molecular formula is C29H27ClO12. The van der Waals surface area contributed by atoms with E-state index in [-0.39, 0.29) is 22.1 Å².